The molecule has 0 saturated carbocycles. The standard InChI is InChI=1S/C18H17NOS/c1-13-10-15(17-4-2-3-5-18(17)19-13)12-21-16-8-6-14(11-20)7-9-16/h2-10,20H,11-12H2,1H3. The van der Waals surface area contributed by atoms with E-state index in [2.05, 4.69) is 41.4 Å². The molecule has 3 aromatic rings. The van der Waals surface area contributed by atoms with Crippen LogP contribution in [0.1, 0.15) is 16.8 Å². The Hall–Kier alpha value is -1.84. The summed E-state index contributed by atoms with van der Waals surface area (Å²) in [7, 11) is 0. The van der Waals surface area contributed by atoms with Crippen LogP contribution in [0, 0.1) is 6.92 Å². The summed E-state index contributed by atoms with van der Waals surface area (Å²) in [4.78, 5) is 5.79. The second-order valence-corrected chi connectivity index (χ2v) is 6.08. The molecule has 21 heavy (non-hydrogen) atoms. The summed E-state index contributed by atoms with van der Waals surface area (Å²) in [5.41, 5.74) is 4.38. The Balaban J connectivity index is 1.84. The van der Waals surface area contributed by atoms with Crippen molar-refractivity contribution in [3.63, 3.8) is 0 Å². The predicted molar refractivity (Wildman–Crippen MR) is 88.4 cm³/mol. The number of aliphatic hydroxyl groups excluding tert-OH is 1. The summed E-state index contributed by atoms with van der Waals surface area (Å²) in [6.45, 7) is 2.13. The first-order valence-electron chi connectivity index (χ1n) is 6.94. The Morgan fingerprint density at radius 1 is 1.05 bits per heavy atom. The molecule has 106 valence electrons. The lowest BCUT2D eigenvalue weighted by molar-refractivity contribution is 0.282. The Morgan fingerprint density at radius 3 is 2.57 bits per heavy atom. The summed E-state index contributed by atoms with van der Waals surface area (Å²) in [6, 6.07) is 18.5. The first-order chi connectivity index (χ1) is 10.3. The van der Waals surface area contributed by atoms with Crippen molar-refractivity contribution in [3.8, 4) is 0 Å². The van der Waals surface area contributed by atoms with E-state index in [-0.39, 0.29) is 6.61 Å². The molecule has 0 amide bonds. The van der Waals surface area contributed by atoms with Crippen LogP contribution in [-0.2, 0) is 12.4 Å². The van der Waals surface area contributed by atoms with Crippen molar-refractivity contribution in [2.24, 2.45) is 0 Å². The van der Waals surface area contributed by atoms with E-state index >= 15 is 0 Å². The van der Waals surface area contributed by atoms with Crippen molar-refractivity contribution in [2.75, 3.05) is 0 Å². The number of thioether (sulfide) groups is 1. The number of nitrogens with zero attached hydrogens (tertiary/aromatic N) is 1. The van der Waals surface area contributed by atoms with Gasteiger partial charge in [0.05, 0.1) is 12.1 Å². The van der Waals surface area contributed by atoms with Crippen LogP contribution in [0.2, 0.25) is 0 Å². The SMILES string of the molecule is Cc1cc(CSc2ccc(CO)cc2)c2ccccc2n1. The van der Waals surface area contributed by atoms with Crippen LogP contribution in [0.4, 0.5) is 0 Å². The molecule has 0 atom stereocenters. The van der Waals surface area contributed by atoms with Gasteiger partial charge in [-0.05, 0) is 42.3 Å². The van der Waals surface area contributed by atoms with E-state index in [4.69, 9.17) is 5.11 Å². The molecular formula is C18H17NOS. The van der Waals surface area contributed by atoms with Crippen molar-refractivity contribution in [1.82, 2.24) is 4.98 Å². The maximum Gasteiger partial charge on any atom is 0.0708 e. The number of para-hydroxylation sites is 1. The number of aryl methyl sites for hydroxylation is 1. The van der Waals surface area contributed by atoms with E-state index in [1.807, 2.05) is 25.1 Å². The molecular weight excluding hydrogens is 278 g/mol. The third-order valence-corrected chi connectivity index (χ3v) is 4.49. The Bertz CT molecular complexity index is 753. The van der Waals surface area contributed by atoms with E-state index < -0.39 is 0 Å². The third-order valence-electron chi connectivity index (χ3n) is 3.43. The first-order valence-corrected chi connectivity index (χ1v) is 7.93. The van der Waals surface area contributed by atoms with Crippen LogP contribution in [0.3, 0.4) is 0 Å². The highest BCUT2D eigenvalue weighted by Gasteiger charge is 2.04. The number of fused-ring (bicyclic) bond motifs is 1. The molecule has 0 aliphatic carbocycles. The fraction of sp³-hybridized carbons (Fsp3) is 0.167. The van der Waals surface area contributed by atoms with Gasteiger partial charge in [-0.3, -0.25) is 4.98 Å². The van der Waals surface area contributed by atoms with Gasteiger partial charge in [-0.15, -0.1) is 11.8 Å². The molecule has 1 heterocycles. The minimum Gasteiger partial charge on any atom is -0.392 e. The van der Waals surface area contributed by atoms with Gasteiger partial charge in [0, 0.05) is 21.7 Å². The molecule has 0 saturated heterocycles. The maximum absolute atomic E-state index is 9.07. The average molecular weight is 295 g/mol. The molecule has 3 heteroatoms. The molecule has 2 nitrogen and oxygen atoms in total. The van der Waals surface area contributed by atoms with E-state index in [0.29, 0.717) is 0 Å². The number of rotatable bonds is 4. The smallest absolute Gasteiger partial charge is 0.0708 e. The van der Waals surface area contributed by atoms with Crippen molar-refractivity contribution >= 4 is 22.7 Å². The van der Waals surface area contributed by atoms with Gasteiger partial charge in [-0.2, -0.15) is 0 Å². The normalized spacial score (nSPS) is 11.0. The second-order valence-electron chi connectivity index (χ2n) is 5.03. The molecule has 1 aromatic heterocycles. The lowest BCUT2D eigenvalue weighted by atomic mass is 10.1. The quantitative estimate of drug-likeness (QED) is 0.727. The van der Waals surface area contributed by atoms with Crippen LogP contribution >= 0.6 is 11.8 Å². The minimum absolute atomic E-state index is 0.0964. The van der Waals surface area contributed by atoms with Crippen LogP contribution < -0.4 is 0 Å². The van der Waals surface area contributed by atoms with E-state index in [1.54, 1.807) is 11.8 Å². The molecule has 0 radical (unpaired) electrons. The van der Waals surface area contributed by atoms with Crippen molar-refractivity contribution in [1.29, 1.82) is 0 Å². The maximum atomic E-state index is 9.07. The molecule has 0 spiro atoms. The van der Waals surface area contributed by atoms with Crippen LogP contribution in [0.25, 0.3) is 10.9 Å². The average Bonchev–Trinajstić information content (AvgIpc) is 2.53. The summed E-state index contributed by atoms with van der Waals surface area (Å²) in [5, 5.41) is 10.3. The fourth-order valence-corrected chi connectivity index (χ4v) is 3.26. The molecule has 0 aliphatic rings. The lowest BCUT2D eigenvalue weighted by Gasteiger charge is -2.08. The summed E-state index contributed by atoms with van der Waals surface area (Å²) >= 11 is 1.81. The minimum atomic E-state index is 0.0964. The van der Waals surface area contributed by atoms with Gasteiger partial charge < -0.3 is 5.11 Å². The number of benzene rings is 2. The monoisotopic (exact) mass is 295 g/mol. The van der Waals surface area contributed by atoms with Gasteiger partial charge in [0.2, 0.25) is 0 Å². The Morgan fingerprint density at radius 2 is 1.81 bits per heavy atom. The topological polar surface area (TPSA) is 33.1 Å². The molecule has 0 aliphatic heterocycles. The van der Waals surface area contributed by atoms with Gasteiger partial charge in [-0.1, -0.05) is 30.3 Å². The zero-order valence-corrected chi connectivity index (χ0v) is 12.7. The molecule has 1 N–H and O–H groups in total. The molecule has 0 unspecified atom stereocenters. The highest BCUT2D eigenvalue weighted by Crippen LogP contribution is 2.27. The highest BCUT2D eigenvalue weighted by atomic mass is 32.2. The molecule has 0 fully saturated rings. The zero-order valence-electron chi connectivity index (χ0n) is 11.9. The second kappa shape index (κ2) is 6.29. The van der Waals surface area contributed by atoms with Gasteiger partial charge in [0.15, 0.2) is 0 Å². The summed E-state index contributed by atoms with van der Waals surface area (Å²) < 4.78 is 0. The van der Waals surface area contributed by atoms with Gasteiger partial charge in [0.1, 0.15) is 0 Å². The van der Waals surface area contributed by atoms with Gasteiger partial charge >= 0.3 is 0 Å². The number of pyridine rings is 1. The third kappa shape index (κ3) is 3.26. The number of aliphatic hydroxyl groups is 1. The van der Waals surface area contributed by atoms with Crippen LogP contribution in [0.5, 0.6) is 0 Å². The molecule has 2 aromatic carbocycles. The number of hydrogen-bond donors (Lipinski definition) is 1. The largest absolute Gasteiger partial charge is 0.392 e. The van der Waals surface area contributed by atoms with Crippen LogP contribution in [-0.4, -0.2) is 10.1 Å². The van der Waals surface area contributed by atoms with Gasteiger partial charge in [0.25, 0.3) is 0 Å². The Kier molecular flexibility index (Phi) is 4.23. The fourth-order valence-electron chi connectivity index (χ4n) is 2.37. The molecule has 0 bridgehead atoms. The van der Waals surface area contributed by atoms with E-state index in [1.165, 1.54) is 15.8 Å². The van der Waals surface area contributed by atoms with Gasteiger partial charge in [-0.25, -0.2) is 0 Å². The Labute approximate surface area is 128 Å². The van der Waals surface area contributed by atoms with E-state index in [0.717, 1.165) is 22.5 Å². The van der Waals surface area contributed by atoms with Crippen LogP contribution in [0.15, 0.2) is 59.5 Å². The molecule has 3 rings (SSSR count). The lowest BCUT2D eigenvalue weighted by Crippen LogP contribution is -1.90. The first kappa shape index (κ1) is 14.1. The predicted octanol–water partition coefficient (Wildman–Crippen LogP) is 4.33. The van der Waals surface area contributed by atoms with Crippen molar-refractivity contribution in [2.45, 2.75) is 24.2 Å². The number of hydrogen-bond acceptors (Lipinski definition) is 3. The zero-order chi connectivity index (χ0) is 14.7. The van der Waals surface area contributed by atoms with E-state index in [9.17, 15) is 0 Å². The highest BCUT2D eigenvalue weighted by molar-refractivity contribution is 7.98. The van der Waals surface area contributed by atoms with Crippen molar-refractivity contribution in [3.05, 3.63) is 71.4 Å². The number of aromatic nitrogens is 1. The summed E-state index contributed by atoms with van der Waals surface area (Å²) in [5.74, 6) is 0.919. The van der Waals surface area contributed by atoms with Crippen molar-refractivity contribution < 1.29 is 5.11 Å². The summed E-state index contributed by atoms with van der Waals surface area (Å²) in [6.07, 6.45) is 0.